The molecule has 4 nitrogen and oxygen atoms in total. The van der Waals surface area contributed by atoms with Crippen LogP contribution in [0.4, 0.5) is 5.69 Å². The zero-order valence-corrected chi connectivity index (χ0v) is 12.6. The van der Waals surface area contributed by atoms with Crippen LogP contribution in [0.25, 0.3) is 0 Å². The van der Waals surface area contributed by atoms with Crippen LogP contribution < -0.4 is 10.9 Å². The SMILES string of the molecule is CCn1ncc(NCc2ccc(C)cc2)c(Br)c1=O. The summed E-state index contributed by atoms with van der Waals surface area (Å²) < 4.78 is 1.94. The van der Waals surface area contributed by atoms with Crippen LogP contribution in [0.1, 0.15) is 18.1 Å². The maximum atomic E-state index is 11.9. The van der Waals surface area contributed by atoms with E-state index >= 15 is 0 Å². The first-order chi connectivity index (χ1) is 9.11. The zero-order valence-electron chi connectivity index (χ0n) is 11.0. The third-order valence-corrected chi connectivity index (χ3v) is 3.65. The fraction of sp³-hybridized carbons (Fsp3) is 0.286. The molecule has 0 spiro atoms. The molecule has 1 aromatic carbocycles. The van der Waals surface area contributed by atoms with Crippen molar-refractivity contribution in [2.45, 2.75) is 26.9 Å². The van der Waals surface area contributed by atoms with E-state index in [0.29, 0.717) is 17.6 Å². The lowest BCUT2D eigenvalue weighted by atomic mass is 10.1. The molecule has 0 unspecified atom stereocenters. The van der Waals surface area contributed by atoms with E-state index in [1.165, 1.54) is 10.2 Å². The van der Waals surface area contributed by atoms with Crippen LogP contribution in [-0.4, -0.2) is 9.78 Å². The van der Waals surface area contributed by atoms with Crippen LogP contribution in [0.2, 0.25) is 0 Å². The Morgan fingerprint density at radius 1 is 1.32 bits per heavy atom. The second-order valence-corrected chi connectivity index (χ2v) is 5.13. The van der Waals surface area contributed by atoms with Gasteiger partial charge < -0.3 is 5.32 Å². The Morgan fingerprint density at radius 3 is 2.63 bits per heavy atom. The molecule has 1 N–H and O–H groups in total. The van der Waals surface area contributed by atoms with E-state index in [-0.39, 0.29) is 5.56 Å². The first-order valence-corrected chi connectivity index (χ1v) is 6.96. The molecule has 0 aliphatic heterocycles. The van der Waals surface area contributed by atoms with Gasteiger partial charge in [0, 0.05) is 13.1 Å². The van der Waals surface area contributed by atoms with Gasteiger partial charge in [0.05, 0.1) is 11.9 Å². The van der Waals surface area contributed by atoms with Gasteiger partial charge in [-0.15, -0.1) is 0 Å². The minimum absolute atomic E-state index is 0.114. The molecular weight excluding hydrogens is 306 g/mol. The highest BCUT2D eigenvalue weighted by molar-refractivity contribution is 9.10. The predicted molar refractivity (Wildman–Crippen MR) is 80.4 cm³/mol. The minimum Gasteiger partial charge on any atom is -0.379 e. The van der Waals surface area contributed by atoms with Crippen molar-refractivity contribution in [2.24, 2.45) is 0 Å². The van der Waals surface area contributed by atoms with Gasteiger partial charge in [-0.05, 0) is 35.3 Å². The van der Waals surface area contributed by atoms with E-state index in [9.17, 15) is 4.79 Å². The summed E-state index contributed by atoms with van der Waals surface area (Å²) in [6.07, 6.45) is 1.67. The lowest BCUT2D eigenvalue weighted by Gasteiger charge is -2.09. The number of aromatic nitrogens is 2. The zero-order chi connectivity index (χ0) is 13.8. The fourth-order valence-corrected chi connectivity index (χ4v) is 2.16. The smallest absolute Gasteiger partial charge is 0.283 e. The average Bonchev–Trinajstić information content (AvgIpc) is 2.42. The molecule has 100 valence electrons. The van der Waals surface area contributed by atoms with Gasteiger partial charge in [-0.2, -0.15) is 5.10 Å². The Balaban J connectivity index is 2.14. The van der Waals surface area contributed by atoms with Gasteiger partial charge in [0.25, 0.3) is 5.56 Å². The molecule has 2 aromatic rings. The monoisotopic (exact) mass is 321 g/mol. The lowest BCUT2D eigenvalue weighted by molar-refractivity contribution is 0.613. The number of halogens is 1. The second-order valence-electron chi connectivity index (χ2n) is 4.33. The molecule has 0 aliphatic rings. The maximum Gasteiger partial charge on any atom is 0.283 e. The number of benzene rings is 1. The standard InChI is InChI=1S/C14H16BrN3O/c1-3-18-14(19)13(15)12(9-17-18)16-8-11-6-4-10(2)5-7-11/h4-7,9,16H,3,8H2,1-2H3. The van der Waals surface area contributed by atoms with Gasteiger partial charge in [0.1, 0.15) is 4.47 Å². The molecule has 0 saturated heterocycles. The first kappa shape index (κ1) is 13.8. The molecule has 5 heteroatoms. The number of hydrogen-bond acceptors (Lipinski definition) is 3. The topological polar surface area (TPSA) is 46.9 Å². The van der Waals surface area contributed by atoms with Crippen molar-refractivity contribution in [1.82, 2.24) is 9.78 Å². The van der Waals surface area contributed by atoms with Crippen LogP contribution in [0.5, 0.6) is 0 Å². The second kappa shape index (κ2) is 6.02. The van der Waals surface area contributed by atoms with Crippen molar-refractivity contribution in [3.8, 4) is 0 Å². The van der Waals surface area contributed by atoms with Crippen LogP contribution in [0, 0.1) is 6.92 Å². The number of nitrogens with zero attached hydrogens (tertiary/aromatic N) is 2. The van der Waals surface area contributed by atoms with E-state index in [2.05, 4.69) is 57.5 Å². The summed E-state index contributed by atoms with van der Waals surface area (Å²) in [5, 5.41) is 7.31. The van der Waals surface area contributed by atoms with E-state index < -0.39 is 0 Å². The van der Waals surface area contributed by atoms with Crippen molar-refractivity contribution in [3.05, 3.63) is 56.4 Å². The Labute approximate surface area is 120 Å². The molecule has 0 bridgehead atoms. The van der Waals surface area contributed by atoms with Crippen molar-refractivity contribution in [1.29, 1.82) is 0 Å². The lowest BCUT2D eigenvalue weighted by Crippen LogP contribution is -2.23. The van der Waals surface area contributed by atoms with Gasteiger partial charge in [0.15, 0.2) is 0 Å². The van der Waals surface area contributed by atoms with Crippen molar-refractivity contribution < 1.29 is 0 Å². The van der Waals surface area contributed by atoms with Crippen molar-refractivity contribution in [3.63, 3.8) is 0 Å². The van der Waals surface area contributed by atoms with Gasteiger partial charge >= 0.3 is 0 Å². The van der Waals surface area contributed by atoms with E-state index in [1.807, 2.05) is 6.92 Å². The minimum atomic E-state index is -0.114. The molecule has 0 amide bonds. The third kappa shape index (κ3) is 3.23. The highest BCUT2D eigenvalue weighted by Crippen LogP contribution is 2.17. The van der Waals surface area contributed by atoms with E-state index in [4.69, 9.17) is 0 Å². The molecule has 0 atom stereocenters. The summed E-state index contributed by atoms with van der Waals surface area (Å²) in [4.78, 5) is 11.9. The van der Waals surface area contributed by atoms with Crippen molar-refractivity contribution in [2.75, 3.05) is 5.32 Å². The number of nitrogens with one attached hydrogen (secondary N) is 1. The molecule has 1 heterocycles. The number of rotatable bonds is 4. The Hall–Kier alpha value is -1.62. The summed E-state index contributed by atoms with van der Waals surface area (Å²) in [5.41, 5.74) is 3.00. The highest BCUT2D eigenvalue weighted by atomic mass is 79.9. The average molecular weight is 322 g/mol. The summed E-state index contributed by atoms with van der Waals surface area (Å²) in [5.74, 6) is 0. The van der Waals surface area contributed by atoms with Crippen LogP contribution >= 0.6 is 15.9 Å². The Morgan fingerprint density at radius 2 is 2.00 bits per heavy atom. The van der Waals surface area contributed by atoms with Gasteiger partial charge in [-0.1, -0.05) is 29.8 Å². The van der Waals surface area contributed by atoms with Gasteiger partial charge in [-0.25, -0.2) is 4.68 Å². The largest absolute Gasteiger partial charge is 0.379 e. The highest BCUT2D eigenvalue weighted by Gasteiger charge is 2.07. The summed E-state index contributed by atoms with van der Waals surface area (Å²) in [6.45, 7) is 5.17. The molecule has 0 radical (unpaired) electrons. The predicted octanol–water partition coefficient (Wildman–Crippen LogP) is 2.95. The van der Waals surface area contributed by atoms with Gasteiger partial charge in [0.2, 0.25) is 0 Å². The third-order valence-electron chi connectivity index (χ3n) is 2.89. The molecule has 0 aliphatic carbocycles. The molecule has 0 saturated carbocycles. The Kier molecular flexibility index (Phi) is 4.37. The normalized spacial score (nSPS) is 10.5. The van der Waals surface area contributed by atoms with Crippen LogP contribution in [0.15, 0.2) is 39.7 Å². The summed E-state index contributed by atoms with van der Waals surface area (Å²) in [6, 6.07) is 8.27. The molecule has 2 rings (SSSR count). The van der Waals surface area contributed by atoms with E-state index in [1.54, 1.807) is 6.20 Å². The maximum absolute atomic E-state index is 11.9. The molecule has 0 fully saturated rings. The quantitative estimate of drug-likeness (QED) is 0.941. The number of aryl methyl sites for hydroxylation is 2. The molecule has 1 aromatic heterocycles. The number of hydrogen-bond donors (Lipinski definition) is 1. The first-order valence-electron chi connectivity index (χ1n) is 6.17. The number of anilines is 1. The molecular formula is C14H16BrN3O. The van der Waals surface area contributed by atoms with E-state index in [0.717, 1.165) is 11.3 Å². The fourth-order valence-electron chi connectivity index (χ4n) is 1.72. The summed E-state index contributed by atoms with van der Waals surface area (Å²) in [7, 11) is 0. The van der Waals surface area contributed by atoms with Gasteiger partial charge in [-0.3, -0.25) is 4.79 Å². The Bertz CT molecular complexity index is 620. The van der Waals surface area contributed by atoms with Crippen molar-refractivity contribution >= 4 is 21.6 Å². The van der Waals surface area contributed by atoms with Crippen LogP contribution in [-0.2, 0) is 13.1 Å². The van der Waals surface area contributed by atoms with Crippen LogP contribution in [0.3, 0.4) is 0 Å². The summed E-state index contributed by atoms with van der Waals surface area (Å²) >= 11 is 3.32. The molecule has 19 heavy (non-hydrogen) atoms.